The first-order valence-electron chi connectivity index (χ1n) is 30.7. The summed E-state index contributed by atoms with van der Waals surface area (Å²) in [5.74, 6) is -0.930. The molecule has 0 aromatic carbocycles. The van der Waals surface area contributed by atoms with E-state index in [0.29, 0.717) is 19.3 Å². The average molecular weight is 1020 g/mol. The van der Waals surface area contributed by atoms with E-state index < -0.39 is 6.10 Å². The molecule has 6 heteroatoms. The minimum Gasteiger partial charge on any atom is -0.462 e. The SMILES string of the molecule is CCCCC/C=C\C/C=C\C/C=C\C/C=C\CCCCCC(=O)OC[C@H](COC(=O)CCCCCCCCC/C=C\C/C=C\CCCCC)OC(=O)CCCCCCCCCCC/C=C\C/C=C\CCCCC. The molecule has 0 aliphatic rings. The molecule has 0 radical (unpaired) electrons. The maximum Gasteiger partial charge on any atom is 0.306 e. The number of rotatable bonds is 55. The maximum atomic E-state index is 12.9. The van der Waals surface area contributed by atoms with Crippen LogP contribution in [0.1, 0.15) is 290 Å². The van der Waals surface area contributed by atoms with Crippen LogP contribution in [0.4, 0.5) is 0 Å². The van der Waals surface area contributed by atoms with Crippen molar-refractivity contribution < 1.29 is 28.6 Å². The first kappa shape index (κ1) is 69.3. The molecule has 0 saturated carbocycles. The average Bonchev–Trinajstić information content (AvgIpc) is 3.39. The number of esters is 3. The van der Waals surface area contributed by atoms with Crippen LogP contribution in [0.2, 0.25) is 0 Å². The molecule has 0 bridgehead atoms. The van der Waals surface area contributed by atoms with Gasteiger partial charge in [-0.25, -0.2) is 0 Å². The Labute approximate surface area is 451 Å². The summed E-state index contributed by atoms with van der Waals surface area (Å²) in [4.78, 5) is 38.3. The summed E-state index contributed by atoms with van der Waals surface area (Å²) in [5.41, 5.74) is 0. The van der Waals surface area contributed by atoms with Crippen LogP contribution in [-0.4, -0.2) is 37.2 Å². The van der Waals surface area contributed by atoms with Crippen molar-refractivity contribution in [3.8, 4) is 0 Å². The molecule has 0 heterocycles. The molecule has 0 rings (SSSR count). The molecule has 0 aromatic heterocycles. The molecule has 0 N–H and O–H groups in total. The second kappa shape index (κ2) is 60.9. The molecule has 0 aromatic rings. The van der Waals surface area contributed by atoms with Crippen LogP contribution < -0.4 is 0 Å². The molecular formula is C67H114O6. The molecule has 0 amide bonds. The Bertz CT molecular complexity index is 1440. The Morgan fingerprint density at radius 3 is 0.781 bits per heavy atom. The molecule has 0 aliphatic heterocycles. The quantitative estimate of drug-likeness (QED) is 0.0261. The largest absolute Gasteiger partial charge is 0.462 e. The van der Waals surface area contributed by atoms with Crippen LogP contribution >= 0.6 is 0 Å². The van der Waals surface area contributed by atoms with Gasteiger partial charge in [0.2, 0.25) is 0 Å². The van der Waals surface area contributed by atoms with Crippen molar-refractivity contribution in [1.29, 1.82) is 0 Å². The third-order valence-corrected chi connectivity index (χ3v) is 13.0. The zero-order valence-corrected chi connectivity index (χ0v) is 47.9. The van der Waals surface area contributed by atoms with Crippen molar-refractivity contribution in [2.24, 2.45) is 0 Å². The van der Waals surface area contributed by atoms with Gasteiger partial charge in [-0.1, -0.05) is 240 Å². The fraction of sp³-hybridized carbons (Fsp3) is 0.716. The standard InChI is InChI=1S/C67H114O6/c1-4-7-10-13-16-19-22-25-28-31-33-36-39-42-45-48-51-54-57-60-66(69)72-63-64(62-71-65(68)59-56-53-50-47-44-41-38-35-30-27-24-21-18-15-12-9-6-3)73-67(70)61-58-55-52-49-46-43-40-37-34-32-29-26-23-20-17-14-11-8-5-2/h16-21,25-30,33,36,42,45,64H,4-15,22-24,31-32,34-35,37-41,43-44,46-63H2,1-3H3/b19-16-,20-17-,21-18-,28-25-,29-26-,30-27-,36-33-,45-42-/t64-/m0/s1. The van der Waals surface area contributed by atoms with Crippen molar-refractivity contribution in [1.82, 2.24) is 0 Å². The van der Waals surface area contributed by atoms with Crippen LogP contribution in [0.3, 0.4) is 0 Å². The second-order valence-electron chi connectivity index (χ2n) is 20.2. The summed E-state index contributed by atoms with van der Waals surface area (Å²) in [7, 11) is 0. The van der Waals surface area contributed by atoms with Crippen molar-refractivity contribution in [2.45, 2.75) is 297 Å². The predicted octanol–water partition coefficient (Wildman–Crippen LogP) is 20.9. The molecule has 0 fully saturated rings. The Hall–Kier alpha value is -3.67. The predicted molar refractivity (Wildman–Crippen MR) is 316 cm³/mol. The van der Waals surface area contributed by atoms with Gasteiger partial charge in [-0.05, 0) is 128 Å². The highest BCUT2D eigenvalue weighted by Crippen LogP contribution is 2.15. The van der Waals surface area contributed by atoms with E-state index in [9.17, 15) is 14.4 Å². The van der Waals surface area contributed by atoms with E-state index in [1.54, 1.807) is 0 Å². The van der Waals surface area contributed by atoms with Crippen LogP contribution in [0.15, 0.2) is 97.2 Å². The Kier molecular flexibility index (Phi) is 57.8. The van der Waals surface area contributed by atoms with Crippen molar-refractivity contribution in [3.05, 3.63) is 97.2 Å². The Morgan fingerprint density at radius 1 is 0.274 bits per heavy atom. The summed E-state index contributed by atoms with van der Waals surface area (Å²) in [6.45, 7) is 6.54. The lowest BCUT2D eigenvalue weighted by Gasteiger charge is -2.18. The molecule has 0 saturated heterocycles. The molecule has 6 nitrogen and oxygen atoms in total. The third-order valence-electron chi connectivity index (χ3n) is 13.0. The van der Waals surface area contributed by atoms with Crippen molar-refractivity contribution in [3.63, 3.8) is 0 Å². The van der Waals surface area contributed by atoms with E-state index in [4.69, 9.17) is 14.2 Å². The molecular weight excluding hydrogens is 901 g/mol. The Morgan fingerprint density at radius 2 is 0.493 bits per heavy atom. The van der Waals surface area contributed by atoms with Gasteiger partial charge in [0, 0.05) is 19.3 Å². The normalized spacial score (nSPS) is 12.8. The van der Waals surface area contributed by atoms with E-state index in [2.05, 4.69) is 118 Å². The van der Waals surface area contributed by atoms with Gasteiger partial charge in [0.05, 0.1) is 0 Å². The molecule has 0 unspecified atom stereocenters. The number of carbonyl (C=O) groups is 3. The van der Waals surface area contributed by atoms with Gasteiger partial charge < -0.3 is 14.2 Å². The van der Waals surface area contributed by atoms with Gasteiger partial charge in [0.15, 0.2) is 6.10 Å². The van der Waals surface area contributed by atoms with Gasteiger partial charge in [0.25, 0.3) is 0 Å². The van der Waals surface area contributed by atoms with Crippen molar-refractivity contribution in [2.75, 3.05) is 13.2 Å². The fourth-order valence-electron chi connectivity index (χ4n) is 8.37. The van der Waals surface area contributed by atoms with Gasteiger partial charge in [-0.3, -0.25) is 14.4 Å². The van der Waals surface area contributed by atoms with Crippen LogP contribution in [0, 0.1) is 0 Å². The zero-order chi connectivity index (χ0) is 52.9. The number of hydrogen-bond acceptors (Lipinski definition) is 6. The Balaban J connectivity index is 4.47. The smallest absolute Gasteiger partial charge is 0.306 e. The van der Waals surface area contributed by atoms with E-state index in [0.717, 1.165) is 103 Å². The summed E-state index contributed by atoms with van der Waals surface area (Å²) >= 11 is 0. The summed E-state index contributed by atoms with van der Waals surface area (Å²) < 4.78 is 16.9. The monoisotopic (exact) mass is 1010 g/mol. The molecule has 0 spiro atoms. The van der Waals surface area contributed by atoms with E-state index >= 15 is 0 Å². The zero-order valence-electron chi connectivity index (χ0n) is 47.9. The van der Waals surface area contributed by atoms with E-state index in [-0.39, 0.29) is 31.1 Å². The van der Waals surface area contributed by atoms with E-state index in [1.165, 1.54) is 148 Å². The highest BCUT2D eigenvalue weighted by molar-refractivity contribution is 5.71. The highest BCUT2D eigenvalue weighted by atomic mass is 16.6. The van der Waals surface area contributed by atoms with Gasteiger partial charge >= 0.3 is 17.9 Å². The minimum atomic E-state index is -0.799. The molecule has 73 heavy (non-hydrogen) atoms. The lowest BCUT2D eigenvalue weighted by Crippen LogP contribution is -2.30. The first-order chi connectivity index (χ1) is 36.0. The minimum absolute atomic E-state index is 0.0938. The number of unbranched alkanes of at least 4 members (excludes halogenated alkanes) is 28. The van der Waals surface area contributed by atoms with Crippen LogP contribution in [0.5, 0.6) is 0 Å². The van der Waals surface area contributed by atoms with Gasteiger partial charge in [0.1, 0.15) is 13.2 Å². The lowest BCUT2D eigenvalue weighted by atomic mass is 10.1. The van der Waals surface area contributed by atoms with Crippen LogP contribution in [0.25, 0.3) is 0 Å². The molecule has 1 atom stereocenters. The topological polar surface area (TPSA) is 78.9 Å². The van der Waals surface area contributed by atoms with Crippen LogP contribution in [-0.2, 0) is 28.6 Å². The van der Waals surface area contributed by atoms with Crippen molar-refractivity contribution >= 4 is 17.9 Å². The molecule has 418 valence electrons. The number of allylic oxidation sites excluding steroid dienone is 16. The highest BCUT2D eigenvalue weighted by Gasteiger charge is 2.19. The maximum absolute atomic E-state index is 12.9. The second-order valence-corrected chi connectivity index (χ2v) is 20.2. The van der Waals surface area contributed by atoms with Gasteiger partial charge in [-0.2, -0.15) is 0 Å². The summed E-state index contributed by atoms with van der Waals surface area (Å²) in [6, 6.07) is 0. The third kappa shape index (κ3) is 59.1. The summed E-state index contributed by atoms with van der Waals surface area (Å²) in [5, 5.41) is 0. The lowest BCUT2D eigenvalue weighted by molar-refractivity contribution is -0.167. The summed E-state index contributed by atoms with van der Waals surface area (Å²) in [6.07, 6.45) is 81.1. The number of ether oxygens (including phenoxy) is 3. The first-order valence-corrected chi connectivity index (χ1v) is 30.7. The fourth-order valence-corrected chi connectivity index (χ4v) is 8.37. The number of hydrogen-bond donors (Lipinski definition) is 0. The number of carbonyl (C=O) groups excluding carboxylic acids is 3. The van der Waals surface area contributed by atoms with Gasteiger partial charge in [-0.15, -0.1) is 0 Å². The molecule has 0 aliphatic carbocycles. The van der Waals surface area contributed by atoms with E-state index in [1.807, 2.05) is 0 Å².